The smallest absolute Gasteiger partial charge is 0.269 e. The Kier molecular flexibility index (Phi) is 5.69. The van der Waals surface area contributed by atoms with Crippen LogP contribution < -0.4 is 10.6 Å². The Bertz CT molecular complexity index is 394. The Morgan fingerprint density at radius 2 is 2.24 bits per heavy atom. The average molecular weight is 232 g/mol. The van der Waals surface area contributed by atoms with Crippen LogP contribution in [0.15, 0.2) is 18.3 Å². The zero-order valence-electron chi connectivity index (χ0n) is 9.86. The second-order valence-corrected chi connectivity index (χ2v) is 3.55. The van der Waals surface area contributed by atoms with Crippen molar-refractivity contribution >= 4 is 5.91 Å². The van der Waals surface area contributed by atoms with Crippen LogP contribution in [0.4, 0.5) is 0 Å². The number of aromatic nitrogens is 1. The molecule has 0 atom stereocenters. The van der Waals surface area contributed by atoms with Crippen LogP contribution in [0.2, 0.25) is 0 Å². The van der Waals surface area contributed by atoms with E-state index in [1.807, 2.05) is 6.07 Å². The molecule has 2 N–H and O–H groups in total. The van der Waals surface area contributed by atoms with E-state index in [4.69, 9.17) is 5.26 Å². The van der Waals surface area contributed by atoms with Gasteiger partial charge in [0, 0.05) is 19.3 Å². The van der Waals surface area contributed by atoms with Gasteiger partial charge < -0.3 is 10.6 Å². The van der Waals surface area contributed by atoms with E-state index >= 15 is 0 Å². The number of hydrogen-bond donors (Lipinski definition) is 2. The lowest BCUT2D eigenvalue weighted by Crippen LogP contribution is -2.32. The lowest BCUT2D eigenvalue weighted by Gasteiger charge is -2.05. The third kappa shape index (κ3) is 4.62. The van der Waals surface area contributed by atoms with Gasteiger partial charge >= 0.3 is 0 Å². The van der Waals surface area contributed by atoms with Gasteiger partial charge in [-0.1, -0.05) is 6.92 Å². The van der Waals surface area contributed by atoms with Crippen molar-refractivity contribution in [1.82, 2.24) is 15.6 Å². The summed E-state index contributed by atoms with van der Waals surface area (Å²) in [6.45, 7) is 4.35. The highest BCUT2D eigenvalue weighted by Gasteiger charge is 2.05. The van der Waals surface area contributed by atoms with Gasteiger partial charge in [0.1, 0.15) is 11.8 Å². The van der Waals surface area contributed by atoms with E-state index in [1.54, 1.807) is 12.1 Å². The van der Waals surface area contributed by atoms with Crippen LogP contribution in [-0.4, -0.2) is 30.5 Å². The van der Waals surface area contributed by atoms with Crippen LogP contribution in [-0.2, 0) is 0 Å². The molecule has 0 spiro atoms. The van der Waals surface area contributed by atoms with E-state index in [1.165, 1.54) is 6.20 Å². The number of carbonyl (C=O) groups is 1. The van der Waals surface area contributed by atoms with E-state index in [0.717, 1.165) is 19.5 Å². The van der Waals surface area contributed by atoms with Crippen LogP contribution >= 0.6 is 0 Å². The van der Waals surface area contributed by atoms with Crippen molar-refractivity contribution in [3.05, 3.63) is 29.6 Å². The average Bonchev–Trinajstić information content (AvgIpc) is 2.38. The van der Waals surface area contributed by atoms with Crippen molar-refractivity contribution < 1.29 is 4.79 Å². The van der Waals surface area contributed by atoms with E-state index in [0.29, 0.717) is 17.8 Å². The molecular weight excluding hydrogens is 216 g/mol. The van der Waals surface area contributed by atoms with Crippen LogP contribution in [0.5, 0.6) is 0 Å². The third-order valence-electron chi connectivity index (χ3n) is 2.14. The number of nitrogens with zero attached hydrogens (tertiary/aromatic N) is 2. The number of nitriles is 1. The van der Waals surface area contributed by atoms with Crippen LogP contribution in [0, 0.1) is 11.3 Å². The third-order valence-corrected chi connectivity index (χ3v) is 2.14. The normalized spacial score (nSPS) is 9.65. The summed E-state index contributed by atoms with van der Waals surface area (Å²) in [6.07, 6.45) is 2.47. The topological polar surface area (TPSA) is 77.8 Å². The molecule has 0 fully saturated rings. The fourth-order valence-electron chi connectivity index (χ4n) is 1.25. The van der Waals surface area contributed by atoms with Crippen LogP contribution in [0.25, 0.3) is 0 Å². The molecule has 5 nitrogen and oxygen atoms in total. The van der Waals surface area contributed by atoms with Crippen LogP contribution in [0.3, 0.4) is 0 Å². The monoisotopic (exact) mass is 232 g/mol. The molecule has 0 aromatic carbocycles. The molecule has 90 valence electrons. The zero-order valence-corrected chi connectivity index (χ0v) is 9.86. The van der Waals surface area contributed by atoms with Crippen molar-refractivity contribution in [3.8, 4) is 6.07 Å². The molecule has 1 heterocycles. The first kappa shape index (κ1) is 13.1. The maximum Gasteiger partial charge on any atom is 0.269 e. The fourth-order valence-corrected chi connectivity index (χ4v) is 1.25. The number of nitrogens with one attached hydrogen (secondary N) is 2. The van der Waals surface area contributed by atoms with Crippen molar-refractivity contribution in [2.75, 3.05) is 19.6 Å². The molecular formula is C12H16N4O. The highest BCUT2D eigenvalue weighted by atomic mass is 16.1. The summed E-state index contributed by atoms with van der Waals surface area (Å²) in [7, 11) is 0. The SMILES string of the molecule is CCCNCCNC(=O)c1ccc(C#N)cn1. The van der Waals surface area contributed by atoms with Crippen molar-refractivity contribution in [2.24, 2.45) is 0 Å². The summed E-state index contributed by atoms with van der Waals surface area (Å²) in [5, 5.41) is 14.5. The number of carbonyl (C=O) groups excluding carboxylic acids is 1. The number of amides is 1. The van der Waals surface area contributed by atoms with Crippen molar-refractivity contribution in [1.29, 1.82) is 5.26 Å². The lowest BCUT2D eigenvalue weighted by molar-refractivity contribution is 0.0949. The van der Waals surface area contributed by atoms with Gasteiger partial charge in [-0.2, -0.15) is 5.26 Å². The predicted molar refractivity (Wildman–Crippen MR) is 64.4 cm³/mol. The molecule has 0 unspecified atom stereocenters. The Hall–Kier alpha value is -1.93. The quantitative estimate of drug-likeness (QED) is 0.707. The summed E-state index contributed by atoms with van der Waals surface area (Å²) in [4.78, 5) is 15.5. The first-order valence-corrected chi connectivity index (χ1v) is 5.63. The van der Waals surface area contributed by atoms with E-state index in [2.05, 4.69) is 22.5 Å². The summed E-state index contributed by atoms with van der Waals surface area (Å²) in [5.41, 5.74) is 0.783. The first-order valence-electron chi connectivity index (χ1n) is 5.63. The van der Waals surface area contributed by atoms with E-state index in [9.17, 15) is 4.79 Å². The molecule has 5 heteroatoms. The van der Waals surface area contributed by atoms with Gasteiger partial charge in [0.05, 0.1) is 5.56 Å². The second-order valence-electron chi connectivity index (χ2n) is 3.55. The lowest BCUT2D eigenvalue weighted by atomic mass is 10.2. The van der Waals surface area contributed by atoms with Crippen LogP contribution in [0.1, 0.15) is 29.4 Å². The minimum absolute atomic E-state index is 0.215. The van der Waals surface area contributed by atoms with E-state index in [-0.39, 0.29) is 5.91 Å². The molecule has 1 aromatic heterocycles. The standard InChI is InChI=1S/C12H16N4O/c1-2-5-14-6-7-15-12(17)11-4-3-10(8-13)9-16-11/h3-4,9,14H,2,5-7H2,1H3,(H,15,17). The first-order chi connectivity index (χ1) is 8.27. The molecule has 0 bridgehead atoms. The van der Waals surface area contributed by atoms with Crippen molar-refractivity contribution in [2.45, 2.75) is 13.3 Å². The largest absolute Gasteiger partial charge is 0.349 e. The Balaban J connectivity index is 2.34. The van der Waals surface area contributed by atoms with Crippen molar-refractivity contribution in [3.63, 3.8) is 0 Å². The maximum absolute atomic E-state index is 11.6. The maximum atomic E-state index is 11.6. The molecule has 0 radical (unpaired) electrons. The molecule has 1 rings (SSSR count). The minimum atomic E-state index is -0.215. The van der Waals surface area contributed by atoms with Gasteiger partial charge in [0.2, 0.25) is 0 Å². The zero-order chi connectivity index (χ0) is 12.5. The van der Waals surface area contributed by atoms with Gasteiger partial charge in [0.15, 0.2) is 0 Å². The molecule has 1 aromatic rings. The summed E-state index contributed by atoms with van der Waals surface area (Å²) in [5.74, 6) is -0.215. The molecule has 17 heavy (non-hydrogen) atoms. The molecule has 0 aliphatic heterocycles. The van der Waals surface area contributed by atoms with Gasteiger partial charge in [-0.3, -0.25) is 4.79 Å². The molecule has 0 aliphatic carbocycles. The molecule has 1 amide bonds. The van der Waals surface area contributed by atoms with Gasteiger partial charge in [-0.05, 0) is 25.1 Å². The Morgan fingerprint density at radius 1 is 1.41 bits per heavy atom. The van der Waals surface area contributed by atoms with Gasteiger partial charge in [-0.25, -0.2) is 4.98 Å². The van der Waals surface area contributed by atoms with E-state index < -0.39 is 0 Å². The number of rotatable bonds is 6. The Morgan fingerprint density at radius 3 is 2.82 bits per heavy atom. The minimum Gasteiger partial charge on any atom is -0.349 e. The Labute approximate surface area is 101 Å². The van der Waals surface area contributed by atoms with Gasteiger partial charge in [-0.15, -0.1) is 0 Å². The second kappa shape index (κ2) is 7.36. The molecule has 0 saturated heterocycles. The predicted octanol–water partition coefficient (Wildman–Crippen LogP) is 0.683. The molecule has 0 saturated carbocycles. The number of pyridine rings is 1. The summed E-state index contributed by atoms with van der Waals surface area (Å²) >= 11 is 0. The highest BCUT2D eigenvalue weighted by molar-refractivity contribution is 5.92. The number of hydrogen-bond acceptors (Lipinski definition) is 4. The summed E-state index contributed by atoms with van der Waals surface area (Å²) < 4.78 is 0. The fraction of sp³-hybridized carbons (Fsp3) is 0.417. The molecule has 0 aliphatic rings. The van der Waals surface area contributed by atoms with Gasteiger partial charge in [0.25, 0.3) is 5.91 Å². The highest BCUT2D eigenvalue weighted by Crippen LogP contribution is 1.98. The summed E-state index contributed by atoms with van der Waals surface area (Å²) in [6, 6.07) is 5.08.